The number of halogens is 1. The van der Waals surface area contributed by atoms with Crippen LogP contribution in [0, 0.1) is 0 Å². The van der Waals surface area contributed by atoms with Crippen LogP contribution >= 0.6 is 22.9 Å². The average Bonchev–Trinajstić information content (AvgIpc) is 2.67. The normalized spacial score (nSPS) is 23.8. The van der Waals surface area contributed by atoms with Crippen LogP contribution in [0.2, 0.25) is 4.47 Å². The van der Waals surface area contributed by atoms with Crippen molar-refractivity contribution in [3.8, 4) is 0 Å². The molecule has 0 spiro atoms. The van der Waals surface area contributed by atoms with Gasteiger partial charge in [0.2, 0.25) is 0 Å². The number of hydrogen-bond donors (Lipinski definition) is 1. The molecule has 1 aromatic heterocycles. The van der Waals surface area contributed by atoms with E-state index in [1.165, 1.54) is 4.88 Å². The predicted molar refractivity (Wildman–Crippen MR) is 67.9 cm³/mol. The van der Waals surface area contributed by atoms with E-state index in [-0.39, 0.29) is 0 Å². The number of likely N-dealkylation sites (N-methyl/N-ethyl adjacent to an activating group) is 1. The number of aromatic nitrogens is 1. The highest BCUT2D eigenvalue weighted by molar-refractivity contribution is 7.15. The minimum atomic E-state index is 0.444. The third-order valence-electron chi connectivity index (χ3n) is 2.96. The van der Waals surface area contributed by atoms with Crippen LogP contribution in [0.25, 0.3) is 0 Å². The lowest BCUT2D eigenvalue weighted by atomic mass is 10.1. The summed E-state index contributed by atoms with van der Waals surface area (Å²) >= 11 is 7.38. The molecule has 0 radical (unpaired) electrons. The third kappa shape index (κ3) is 2.93. The Hall–Kier alpha value is -0.200. The molecule has 1 aromatic rings. The SMILES string of the molecule is CN1CCN(Cc2cnc(Cl)s2)C(CN)C1. The average molecular weight is 261 g/mol. The van der Waals surface area contributed by atoms with Gasteiger partial charge in [-0.3, -0.25) is 4.90 Å². The standard InChI is InChI=1S/C10H17ClN4S/c1-14-2-3-15(8(4-12)6-14)7-9-5-13-10(11)16-9/h5,8H,2-4,6-7,12H2,1H3. The van der Waals surface area contributed by atoms with Crippen LogP contribution in [0.3, 0.4) is 0 Å². The Labute approximate surface area is 105 Å². The summed E-state index contributed by atoms with van der Waals surface area (Å²) in [4.78, 5) is 10.0. The van der Waals surface area contributed by atoms with Gasteiger partial charge in [0.25, 0.3) is 0 Å². The lowest BCUT2D eigenvalue weighted by Crippen LogP contribution is -2.54. The summed E-state index contributed by atoms with van der Waals surface area (Å²) in [5, 5.41) is 0. The molecule has 4 nitrogen and oxygen atoms in total. The zero-order valence-corrected chi connectivity index (χ0v) is 11.0. The molecule has 0 bridgehead atoms. The smallest absolute Gasteiger partial charge is 0.183 e. The van der Waals surface area contributed by atoms with E-state index in [4.69, 9.17) is 17.3 Å². The van der Waals surface area contributed by atoms with Crippen LogP contribution in [0.15, 0.2) is 6.20 Å². The van der Waals surface area contributed by atoms with Crippen molar-refractivity contribution in [3.63, 3.8) is 0 Å². The number of piperazine rings is 1. The molecule has 1 saturated heterocycles. The topological polar surface area (TPSA) is 45.4 Å². The van der Waals surface area contributed by atoms with E-state index in [9.17, 15) is 0 Å². The van der Waals surface area contributed by atoms with E-state index in [2.05, 4.69) is 21.8 Å². The Bertz CT molecular complexity index is 343. The molecule has 1 atom stereocenters. The van der Waals surface area contributed by atoms with E-state index >= 15 is 0 Å². The van der Waals surface area contributed by atoms with Gasteiger partial charge in [-0.05, 0) is 7.05 Å². The zero-order valence-electron chi connectivity index (χ0n) is 9.40. The van der Waals surface area contributed by atoms with Gasteiger partial charge in [-0.15, -0.1) is 11.3 Å². The van der Waals surface area contributed by atoms with Gasteiger partial charge in [-0.25, -0.2) is 4.98 Å². The summed E-state index contributed by atoms with van der Waals surface area (Å²) in [7, 11) is 2.14. The largest absolute Gasteiger partial charge is 0.329 e. The van der Waals surface area contributed by atoms with Crippen LogP contribution in [0.1, 0.15) is 4.88 Å². The molecule has 0 aliphatic carbocycles. The van der Waals surface area contributed by atoms with Gasteiger partial charge in [0.05, 0.1) is 0 Å². The molecule has 1 aliphatic heterocycles. The first kappa shape index (κ1) is 12.3. The van der Waals surface area contributed by atoms with Gasteiger partial charge in [0.1, 0.15) is 0 Å². The van der Waals surface area contributed by atoms with Gasteiger partial charge in [-0.1, -0.05) is 11.6 Å². The van der Waals surface area contributed by atoms with Gasteiger partial charge in [-0.2, -0.15) is 0 Å². The fourth-order valence-corrected chi connectivity index (χ4v) is 3.04. The molecule has 2 rings (SSSR count). The monoisotopic (exact) mass is 260 g/mol. The Morgan fingerprint density at radius 2 is 2.44 bits per heavy atom. The number of nitrogens with zero attached hydrogens (tertiary/aromatic N) is 3. The van der Waals surface area contributed by atoms with Crippen molar-refractivity contribution in [3.05, 3.63) is 15.5 Å². The molecule has 1 aliphatic rings. The van der Waals surface area contributed by atoms with Crippen molar-refractivity contribution < 1.29 is 0 Å². The fraction of sp³-hybridized carbons (Fsp3) is 0.700. The first-order valence-corrected chi connectivity index (χ1v) is 6.61. The van der Waals surface area contributed by atoms with Crippen molar-refractivity contribution in [2.75, 3.05) is 33.2 Å². The maximum atomic E-state index is 5.83. The van der Waals surface area contributed by atoms with Gasteiger partial charge >= 0.3 is 0 Å². The summed E-state index contributed by atoms with van der Waals surface area (Å²) in [5.41, 5.74) is 5.81. The lowest BCUT2D eigenvalue weighted by molar-refractivity contribution is 0.0889. The number of thiazole rings is 1. The molecule has 6 heteroatoms. The van der Waals surface area contributed by atoms with Crippen LogP contribution in [-0.4, -0.2) is 54.1 Å². The van der Waals surface area contributed by atoms with E-state index in [1.807, 2.05) is 6.20 Å². The summed E-state index contributed by atoms with van der Waals surface area (Å²) in [6, 6.07) is 0.444. The Morgan fingerprint density at radius 1 is 1.62 bits per heavy atom. The van der Waals surface area contributed by atoms with Gasteiger partial charge in [0.15, 0.2) is 4.47 Å². The molecule has 0 aromatic carbocycles. The molecule has 1 unspecified atom stereocenters. The molecule has 0 amide bonds. The molecule has 0 saturated carbocycles. The van der Waals surface area contributed by atoms with Gasteiger partial charge < -0.3 is 10.6 Å². The van der Waals surface area contributed by atoms with Gasteiger partial charge in [0, 0.05) is 49.8 Å². The molecule has 1 fully saturated rings. The second-order valence-corrected chi connectivity index (χ2v) is 5.90. The fourth-order valence-electron chi connectivity index (χ4n) is 2.04. The molecule has 2 N–H and O–H groups in total. The van der Waals surface area contributed by atoms with E-state index < -0.39 is 0 Å². The first-order valence-electron chi connectivity index (χ1n) is 5.42. The van der Waals surface area contributed by atoms with E-state index in [0.29, 0.717) is 17.1 Å². The quantitative estimate of drug-likeness (QED) is 0.876. The molecule has 90 valence electrons. The molecule has 2 heterocycles. The maximum Gasteiger partial charge on any atom is 0.183 e. The number of nitrogens with two attached hydrogens (primary N) is 1. The van der Waals surface area contributed by atoms with E-state index in [0.717, 1.165) is 26.2 Å². The van der Waals surface area contributed by atoms with Crippen molar-refractivity contribution in [1.29, 1.82) is 0 Å². The zero-order chi connectivity index (χ0) is 11.5. The molecular formula is C10H17ClN4S. The highest BCUT2D eigenvalue weighted by atomic mass is 35.5. The lowest BCUT2D eigenvalue weighted by Gasteiger charge is -2.39. The Balaban J connectivity index is 1.97. The molecule has 16 heavy (non-hydrogen) atoms. The maximum absolute atomic E-state index is 5.83. The summed E-state index contributed by atoms with van der Waals surface area (Å²) in [6.45, 7) is 4.83. The molecular weight excluding hydrogens is 244 g/mol. The van der Waals surface area contributed by atoms with Crippen LogP contribution < -0.4 is 5.73 Å². The van der Waals surface area contributed by atoms with Crippen molar-refractivity contribution in [2.24, 2.45) is 5.73 Å². The van der Waals surface area contributed by atoms with Crippen molar-refractivity contribution in [1.82, 2.24) is 14.8 Å². The van der Waals surface area contributed by atoms with Crippen molar-refractivity contribution >= 4 is 22.9 Å². The third-order valence-corrected chi connectivity index (χ3v) is 4.06. The van der Waals surface area contributed by atoms with Crippen LogP contribution in [0.5, 0.6) is 0 Å². The number of rotatable bonds is 3. The van der Waals surface area contributed by atoms with Crippen molar-refractivity contribution in [2.45, 2.75) is 12.6 Å². The first-order chi connectivity index (χ1) is 7.69. The predicted octanol–water partition coefficient (Wildman–Crippen LogP) is 0.871. The summed E-state index contributed by atoms with van der Waals surface area (Å²) in [5.74, 6) is 0. The number of hydrogen-bond acceptors (Lipinski definition) is 5. The van der Waals surface area contributed by atoms with Crippen LogP contribution in [0.4, 0.5) is 0 Å². The second-order valence-electron chi connectivity index (χ2n) is 4.20. The summed E-state index contributed by atoms with van der Waals surface area (Å²) < 4.78 is 0.619. The van der Waals surface area contributed by atoms with E-state index in [1.54, 1.807) is 11.3 Å². The highest BCUT2D eigenvalue weighted by Crippen LogP contribution is 2.21. The minimum absolute atomic E-state index is 0.444. The second kappa shape index (κ2) is 5.42. The Morgan fingerprint density at radius 3 is 3.06 bits per heavy atom. The highest BCUT2D eigenvalue weighted by Gasteiger charge is 2.24. The minimum Gasteiger partial charge on any atom is -0.329 e. The Kier molecular flexibility index (Phi) is 4.16. The van der Waals surface area contributed by atoms with Crippen LogP contribution in [-0.2, 0) is 6.54 Å². The summed E-state index contributed by atoms with van der Waals surface area (Å²) in [6.07, 6.45) is 1.86.